The smallest absolute Gasteiger partial charge is 0.241 e. The minimum Gasteiger partial charge on any atom is -0.254 e. The summed E-state index contributed by atoms with van der Waals surface area (Å²) in [5.41, 5.74) is 7.90. The molecule has 36 heavy (non-hydrogen) atoms. The van der Waals surface area contributed by atoms with Crippen molar-refractivity contribution in [1.82, 2.24) is 9.97 Å². The lowest BCUT2D eigenvalue weighted by Crippen LogP contribution is -2.51. The van der Waals surface area contributed by atoms with Gasteiger partial charge in [0.15, 0.2) is 0 Å². The summed E-state index contributed by atoms with van der Waals surface area (Å²) in [7, 11) is 0. The Kier molecular flexibility index (Phi) is 5.11. The highest BCUT2D eigenvalue weighted by Gasteiger charge is 2.22. The zero-order valence-electron chi connectivity index (χ0n) is 19.5. The van der Waals surface area contributed by atoms with E-state index in [-0.39, 0.29) is 6.71 Å². The van der Waals surface area contributed by atoms with Crippen LogP contribution in [0.15, 0.2) is 128 Å². The van der Waals surface area contributed by atoms with Gasteiger partial charge in [-0.25, -0.2) is 4.98 Å². The normalized spacial score (nSPS) is 11.3. The second-order valence-electron chi connectivity index (χ2n) is 9.01. The molecule has 0 atom stereocenters. The first-order chi connectivity index (χ1) is 17.9. The second kappa shape index (κ2) is 8.74. The van der Waals surface area contributed by atoms with Crippen molar-refractivity contribution in [2.75, 3.05) is 0 Å². The lowest BCUT2D eigenvalue weighted by molar-refractivity contribution is 1.37. The van der Waals surface area contributed by atoms with Crippen molar-refractivity contribution in [1.29, 1.82) is 0 Å². The van der Waals surface area contributed by atoms with Crippen LogP contribution in [-0.2, 0) is 0 Å². The largest absolute Gasteiger partial charge is 0.254 e. The van der Waals surface area contributed by atoms with Crippen LogP contribution in [0.25, 0.3) is 42.5 Å². The Morgan fingerprint density at radius 1 is 0.583 bits per heavy atom. The molecular formula is C32H21BN2S. The fourth-order valence-electron chi connectivity index (χ4n) is 5.20. The second-order valence-corrected chi connectivity index (χ2v) is 10.1. The molecule has 0 amide bonds. The maximum atomic E-state index is 5.11. The molecule has 0 saturated carbocycles. The molecule has 0 spiro atoms. The van der Waals surface area contributed by atoms with Crippen LogP contribution < -0.4 is 16.4 Å². The van der Waals surface area contributed by atoms with Crippen molar-refractivity contribution in [2.24, 2.45) is 0 Å². The molecule has 7 aromatic rings. The van der Waals surface area contributed by atoms with Gasteiger partial charge in [-0.05, 0) is 18.2 Å². The molecular weight excluding hydrogens is 455 g/mol. The van der Waals surface area contributed by atoms with Gasteiger partial charge in [-0.1, -0.05) is 120 Å². The molecule has 0 aliphatic heterocycles. The highest BCUT2D eigenvalue weighted by atomic mass is 32.1. The van der Waals surface area contributed by atoms with Gasteiger partial charge in [-0.3, -0.25) is 4.98 Å². The first-order valence-electron chi connectivity index (χ1n) is 12.1. The molecule has 2 nitrogen and oxygen atoms in total. The summed E-state index contributed by atoms with van der Waals surface area (Å²) < 4.78 is 2.45. The molecule has 7 rings (SSSR count). The lowest BCUT2D eigenvalue weighted by atomic mass is 9.37. The topological polar surface area (TPSA) is 25.8 Å². The number of hydrogen-bond acceptors (Lipinski definition) is 3. The van der Waals surface area contributed by atoms with Gasteiger partial charge in [0.2, 0.25) is 6.71 Å². The number of benzene rings is 4. The van der Waals surface area contributed by atoms with Crippen LogP contribution in [0.5, 0.6) is 0 Å². The lowest BCUT2D eigenvalue weighted by Gasteiger charge is -2.16. The molecule has 0 bridgehead atoms. The molecule has 0 unspecified atom stereocenters. The summed E-state index contributed by atoms with van der Waals surface area (Å²) in [6.07, 6.45) is 1.86. The Morgan fingerprint density at radius 2 is 1.22 bits per heavy atom. The van der Waals surface area contributed by atoms with Crippen molar-refractivity contribution in [3.8, 4) is 11.3 Å². The Hall–Kier alpha value is -4.28. The summed E-state index contributed by atoms with van der Waals surface area (Å²) in [6.45, 7) is 0.180. The van der Waals surface area contributed by atoms with Crippen LogP contribution in [0.2, 0.25) is 0 Å². The van der Waals surface area contributed by atoms with Crippen molar-refractivity contribution in [3.05, 3.63) is 128 Å². The van der Waals surface area contributed by atoms with E-state index in [4.69, 9.17) is 9.97 Å². The number of nitrogens with zero attached hydrogens (tertiary/aromatic N) is 2. The monoisotopic (exact) mass is 476 g/mol. The highest BCUT2D eigenvalue weighted by molar-refractivity contribution is 7.26. The Morgan fingerprint density at radius 3 is 1.94 bits per heavy atom. The van der Waals surface area contributed by atoms with E-state index in [0.717, 1.165) is 22.3 Å². The number of thiophene rings is 1. The number of fused-ring (bicyclic) bond motifs is 5. The minimum atomic E-state index is 0.180. The fourth-order valence-corrected chi connectivity index (χ4v) is 6.41. The Balaban J connectivity index is 1.41. The van der Waals surface area contributed by atoms with E-state index >= 15 is 0 Å². The van der Waals surface area contributed by atoms with Crippen molar-refractivity contribution < 1.29 is 0 Å². The van der Waals surface area contributed by atoms with E-state index in [9.17, 15) is 0 Å². The van der Waals surface area contributed by atoms with E-state index in [1.807, 2.05) is 12.3 Å². The van der Waals surface area contributed by atoms with Crippen LogP contribution in [0, 0.1) is 0 Å². The third-order valence-electron chi connectivity index (χ3n) is 6.85. The highest BCUT2D eigenvalue weighted by Crippen LogP contribution is 2.41. The molecule has 3 aromatic heterocycles. The van der Waals surface area contributed by atoms with Crippen LogP contribution >= 0.6 is 11.3 Å². The van der Waals surface area contributed by atoms with E-state index in [0.29, 0.717) is 0 Å². The zero-order chi connectivity index (χ0) is 23.9. The average Bonchev–Trinajstić information content (AvgIpc) is 3.34. The molecule has 0 fully saturated rings. The summed E-state index contributed by atoms with van der Waals surface area (Å²) >= 11 is 1.80. The van der Waals surface area contributed by atoms with Gasteiger partial charge < -0.3 is 0 Å². The third kappa shape index (κ3) is 3.50. The zero-order valence-corrected chi connectivity index (χ0v) is 20.3. The molecule has 168 valence electrons. The predicted octanol–water partition coefficient (Wildman–Crippen LogP) is 6.18. The van der Waals surface area contributed by atoms with Crippen LogP contribution in [0.3, 0.4) is 0 Å². The van der Waals surface area contributed by atoms with Crippen molar-refractivity contribution >= 4 is 65.6 Å². The molecule has 3 heterocycles. The van der Waals surface area contributed by atoms with Crippen LogP contribution in [0.1, 0.15) is 0 Å². The van der Waals surface area contributed by atoms with Gasteiger partial charge in [-0.15, -0.1) is 11.3 Å². The van der Waals surface area contributed by atoms with E-state index < -0.39 is 0 Å². The summed E-state index contributed by atoms with van der Waals surface area (Å²) in [4.78, 5) is 9.82. The molecule has 0 aliphatic carbocycles. The first kappa shape index (κ1) is 21.0. The SMILES string of the molecule is c1ccc(B(c2ccccc2)c2ccc(-c3nc4cccnc4c4c3sc3ccccc34)cc2)cc1. The number of pyridine rings is 2. The van der Waals surface area contributed by atoms with Crippen molar-refractivity contribution in [3.63, 3.8) is 0 Å². The quantitative estimate of drug-likeness (QED) is 0.284. The summed E-state index contributed by atoms with van der Waals surface area (Å²) in [5, 5.41) is 2.45. The Labute approximate surface area is 214 Å². The molecule has 0 saturated heterocycles. The maximum Gasteiger partial charge on any atom is 0.241 e. The van der Waals surface area contributed by atoms with Gasteiger partial charge in [0.1, 0.15) is 0 Å². The van der Waals surface area contributed by atoms with E-state index in [1.54, 1.807) is 11.3 Å². The van der Waals surface area contributed by atoms with Gasteiger partial charge in [0.25, 0.3) is 0 Å². The van der Waals surface area contributed by atoms with Crippen LogP contribution in [-0.4, -0.2) is 16.7 Å². The number of hydrogen-bond donors (Lipinski definition) is 0. The van der Waals surface area contributed by atoms with Gasteiger partial charge in [0, 0.05) is 27.2 Å². The maximum absolute atomic E-state index is 5.11. The molecule has 0 N–H and O–H groups in total. The van der Waals surface area contributed by atoms with Crippen LogP contribution in [0.4, 0.5) is 0 Å². The van der Waals surface area contributed by atoms with E-state index in [1.165, 1.54) is 36.6 Å². The van der Waals surface area contributed by atoms with Gasteiger partial charge >= 0.3 is 0 Å². The summed E-state index contributed by atoms with van der Waals surface area (Å²) in [6, 6.07) is 43.0. The predicted molar refractivity (Wildman–Crippen MR) is 155 cm³/mol. The number of aromatic nitrogens is 2. The Bertz CT molecular complexity index is 1790. The molecule has 4 heteroatoms. The van der Waals surface area contributed by atoms with Gasteiger partial charge in [0.05, 0.1) is 21.4 Å². The first-order valence-corrected chi connectivity index (χ1v) is 12.9. The number of rotatable bonds is 4. The van der Waals surface area contributed by atoms with E-state index in [2.05, 4.69) is 115 Å². The summed E-state index contributed by atoms with van der Waals surface area (Å²) in [5.74, 6) is 0. The van der Waals surface area contributed by atoms with Gasteiger partial charge in [-0.2, -0.15) is 0 Å². The standard InChI is InChI=1S/C32H21BN2S/c1-3-10-23(11-4-1)33(24-12-5-2-6-13-24)25-19-17-22(18-20-25)30-32-29(26-14-7-8-16-28(26)36-32)31-27(35-30)15-9-21-34-31/h1-21H. The average molecular weight is 476 g/mol. The molecule has 0 aliphatic rings. The molecule has 0 radical (unpaired) electrons. The third-order valence-corrected chi connectivity index (χ3v) is 8.03. The minimum absolute atomic E-state index is 0.180. The molecule has 4 aromatic carbocycles. The fraction of sp³-hybridized carbons (Fsp3) is 0. The van der Waals surface area contributed by atoms with Crippen molar-refractivity contribution in [2.45, 2.75) is 0 Å².